The topological polar surface area (TPSA) is 58.3 Å². The van der Waals surface area contributed by atoms with Crippen LogP contribution in [-0.4, -0.2) is 43.2 Å². The molecular formula is C13H23N5. The molecule has 2 heterocycles. The van der Waals surface area contributed by atoms with Crippen molar-refractivity contribution in [3.8, 4) is 0 Å². The number of anilines is 2. The highest BCUT2D eigenvalue weighted by Crippen LogP contribution is 2.22. The van der Waals surface area contributed by atoms with Crippen LogP contribution in [0.2, 0.25) is 0 Å². The van der Waals surface area contributed by atoms with Crippen molar-refractivity contribution >= 4 is 11.6 Å². The predicted molar refractivity (Wildman–Crippen MR) is 75.0 cm³/mol. The SMILES string of the molecule is CCN(C)c1cc(N2CCCC(CN)C2)ncn1. The lowest BCUT2D eigenvalue weighted by atomic mass is 9.98. The van der Waals surface area contributed by atoms with Crippen molar-refractivity contribution in [2.75, 3.05) is 43.0 Å². The third-order valence-electron chi connectivity index (χ3n) is 3.68. The van der Waals surface area contributed by atoms with E-state index in [-0.39, 0.29) is 0 Å². The maximum absolute atomic E-state index is 5.78. The summed E-state index contributed by atoms with van der Waals surface area (Å²) in [4.78, 5) is 13.2. The van der Waals surface area contributed by atoms with Crippen LogP contribution in [0.5, 0.6) is 0 Å². The summed E-state index contributed by atoms with van der Waals surface area (Å²) in [6, 6.07) is 2.07. The number of aromatic nitrogens is 2. The first kappa shape index (κ1) is 13.1. The first-order chi connectivity index (χ1) is 8.74. The Bertz CT molecular complexity index is 381. The summed E-state index contributed by atoms with van der Waals surface area (Å²) in [6.07, 6.45) is 4.09. The molecule has 1 aliphatic rings. The van der Waals surface area contributed by atoms with Crippen LogP contribution < -0.4 is 15.5 Å². The van der Waals surface area contributed by atoms with E-state index in [0.29, 0.717) is 5.92 Å². The number of hydrogen-bond acceptors (Lipinski definition) is 5. The van der Waals surface area contributed by atoms with E-state index in [9.17, 15) is 0 Å². The Kier molecular flexibility index (Phi) is 4.36. The number of hydrogen-bond donors (Lipinski definition) is 1. The number of nitrogens with zero attached hydrogens (tertiary/aromatic N) is 4. The van der Waals surface area contributed by atoms with Gasteiger partial charge in [0, 0.05) is 32.7 Å². The molecule has 1 aliphatic heterocycles. The molecule has 0 aliphatic carbocycles. The van der Waals surface area contributed by atoms with Crippen LogP contribution in [-0.2, 0) is 0 Å². The van der Waals surface area contributed by atoms with E-state index in [4.69, 9.17) is 5.73 Å². The lowest BCUT2D eigenvalue weighted by molar-refractivity contribution is 0.421. The normalized spacial score (nSPS) is 19.9. The van der Waals surface area contributed by atoms with Crippen molar-refractivity contribution in [2.45, 2.75) is 19.8 Å². The second-order valence-electron chi connectivity index (χ2n) is 4.94. The summed E-state index contributed by atoms with van der Waals surface area (Å²) in [7, 11) is 2.05. The van der Waals surface area contributed by atoms with Crippen molar-refractivity contribution in [3.63, 3.8) is 0 Å². The lowest BCUT2D eigenvalue weighted by Gasteiger charge is -2.33. The zero-order valence-electron chi connectivity index (χ0n) is 11.3. The van der Waals surface area contributed by atoms with Gasteiger partial charge in [0.25, 0.3) is 0 Å². The second-order valence-corrected chi connectivity index (χ2v) is 4.94. The minimum atomic E-state index is 0.598. The summed E-state index contributed by atoms with van der Waals surface area (Å²) in [5, 5.41) is 0. The van der Waals surface area contributed by atoms with Gasteiger partial charge in [-0.2, -0.15) is 0 Å². The number of piperidine rings is 1. The van der Waals surface area contributed by atoms with Crippen LogP contribution in [0, 0.1) is 5.92 Å². The molecule has 0 spiro atoms. The van der Waals surface area contributed by atoms with Crippen molar-refractivity contribution in [1.82, 2.24) is 9.97 Å². The fourth-order valence-corrected chi connectivity index (χ4v) is 2.35. The Morgan fingerprint density at radius 1 is 1.50 bits per heavy atom. The minimum absolute atomic E-state index is 0.598. The summed E-state index contributed by atoms with van der Waals surface area (Å²) in [6.45, 7) is 5.92. The molecule has 1 aromatic heterocycles. The van der Waals surface area contributed by atoms with Crippen molar-refractivity contribution in [3.05, 3.63) is 12.4 Å². The third kappa shape index (κ3) is 2.90. The van der Waals surface area contributed by atoms with Crippen LogP contribution in [0.3, 0.4) is 0 Å². The highest BCUT2D eigenvalue weighted by molar-refractivity contribution is 5.49. The van der Waals surface area contributed by atoms with Crippen LogP contribution in [0.25, 0.3) is 0 Å². The Balaban J connectivity index is 2.12. The molecule has 100 valence electrons. The van der Waals surface area contributed by atoms with Gasteiger partial charge in [0.2, 0.25) is 0 Å². The standard InChI is InChI=1S/C13H23N5/c1-3-17(2)12-7-13(16-10-15-12)18-6-4-5-11(8-14)9-18/h7,10-11H,3-6,8-9,14H2,1-2H3. The smallest absolute Gasteiger partial charge is 0.134 e. The van der Waals surface area contributed by atoms with E-state index in [0.717, 1.165) is 37.8 Å². The molecule has 0 radical (unpaired) electrons. The third-order valence-corrected chi connectivity index (χ3v) is 3.68. The number of nitrogens with two attached hydrogens (primary N) is 1. The van der Waals surface area contributed by atoms with Crippen molar-refractivity contribution < 1.29 is 0 Å². The van der Waals surface area contributed by atoms with E-state index in [1.165, 1.54) is 12.8 Å². The fraction of sp³-hybridized carbons (Fsp3) is 0.692. The molecule has 0 saturated carbocycles. The van der Waals surface area contributed by atoms with E-state index in [2.05, 4.69) is 32.8 Å². The molecule has 1 unspecified atom stereocenters. The van der Waals surface area contributed by atoms with E-state index < -0.39 is 0 Å². The van der Waals surface area contributed by atoms with Gasteiger partial charge in [-0.1, -0.05) is 0 Å². The van der Waals surface area contributed by atoms with Crippen LogP contribution in [0.15, 0.2) is 12.4 Å². The van der Waals surface area contributed by atoms with Gasteiger partial charge in [0.1, 0.15) is 18.0 Å². The molecule has 2 rings (SSSR count). The Morgan fingerprint density at radius 3 is 3.06 bits per heavy atom. The largest absolute Gasteiger partial charge is 0.360 e. The van der Waals surface area contributed by atoms with Gasteiger partial charge in [-0.25, -0.2) is 9.97 Å². The van der Waals surface area contributed by atoms with Crippen molar-refractivity contribution in [2.24, 2.45) is 11.7 Å². The second kappa shape index (κ2) is 6.00. The summed E-state index contributed by atoms with van der Waals surface area (Å²) < 4.78 is 0. The molecule has 18 heavy (non-hydrogen) atoms. The molecule has 0 amide bonds. The first-order valence-electron chi connectivity index (χ1n) is 6.72. The maximum Gasteiger partial charge on any atom is 0.134 e. The van der Waals surface area contributed by atoms with Crippen molar-refractivity contribution in [1.29, 1.82) is 0 Å². The number of rotatable bonds is 4. The maximum atomic E-state index is 5.78. The van der Waals surface area contributed by atoms with Gasteiger partial charge in [-0.15, -0.1) is 0 Å². The van der Waals surface area contributed by atoms with Gasteiger partial charge >= 0.3 is 0 Å². The molecular weight excluding hydrogens is 226 g/mol. The highest BCUT2D eigenvalue weighted by atomic mass is 15.2. The van der Waals surface area contributed by atoms with Crippen LogP contribution in [0.1, 0.15) is 19.8 Å². The molecule has 1 aromatic rings. The zero-order chi connectivity index (χ0) is 13.0. The molecule has 1 atom stereocenters. The molecule has 1 saturated heterocycles. The fourth-order valence-electron chi connectivity index (χ4n) is 2.35. The Labute approximate surface area is 109 Å². The average molecular weight is 249 g/mol. The Morgan fingerprint density at radius 2 is 2.33 bits per heavy atom. The predicted octanol–water partition coefficient (Wildman–Crippen LogP) is 1.11. The van der Waals surface area contributed by atoms with E-state index >= 15 is 0 Å². The minimum Gasteiger partial charge on any atom is -0.360 e. The summed E-state index contributed by atoms with van der Waals surface area (Å²) in [5.74, 6) is 2.61. The van der Waals surface area contributed by atoms with Gasteiger partial charge in [-0.3, -0.25) is 0 Å². The van der Waals surface area contributed by atoms with Gasteiger partial charge in [0.05, 0.1) is 0 Å². The molecule has 0 aromatic carbocycles. The molecule has 1 fully saturated rings. The van der Waals surface area contributed by atoms with Crippen LogP contribution in [0.4, 0.5) is 11.6 Å². The summed E-state index contributed by atoms with van der Waals surface area (Å²) >= 11 is 0. The van der Waals surface area contributed by atoms with Gasteiger partial charge < -0.3 is 15.5 Å². The van der Waals surface area contributed by atoms with Crippen LogP contribution >= 0.6 is 0 Å². The average Bonchev–Trinajstić information content (AvgIpc) is 2.46. The van der Waals surface area contributed by atoms with Gasteiger partial charge in [-0.05, 0) is 32.2 Å². The van der Waals surface area contributed by atoms with E-state index in [1.807, 2.05) is 7.05 Å². The highest BCUT2D eigenvalue weighted by Gasteiger charge is 2.20. The molecule has 2 N–H and O–H groups in total. The molecule has 0 bridgehead atoms. The Hall–Kier alpha value is -1.36. The zero-order valence-corrected chi connectivity index (χ0v) is 11.3. The quantitative estimate of drug-likeness (QED) is 0.866. The summed E-state index contributed by atoms with van der Waals surface area (Å²) in [5.41, 5.74) is 5.78. The van der Waals surface area contributed by atoms with Gasteiger partial charge in [0.15, 0.2) is 0 Å². The van der Waals surface area contributed by atoms with E-state index in [1.54, 1.807) is 6.33 Å². The molecule has 5 nitrogen and oxygen atoms in total. The first-order valence-corrected chi connectivity index (χ1v) is 6.72. The molecule has 5 heteroatoms. The monoisotopic (exact) mass is 249 g/mol. The lowest BCUT2D eigenvalue weighted by Crippen LogP contribution is -2.38.